The first kappa shape index (κ1) is 23.1. The number of nitro groups is 1. The van der Waals surface area contributed by atoms with Crippen molar-refractivity contribution in [3.8, 4) is 11.5 Å². The minimum Gasteiger partial charge on any atom is -0.435 e. The van der Waals surface area contributed by atoms with Crippen LogP contribution in [0.15, 0.2) is 59.0 Å². The van der Waals surface area contributed by atoms with E-state index < -0.39 is 10.8 Å². The molecule has 3 aromatic carbocycles. The molecule has 1 N–H and O–H groups in total. The first-order chi connectivity index (χ1) is 16.9. The number of ether oxygens (including phenoxy) is 1. The molecule has 1 aliphatic rings. The van der Waals surface area contributed by atoms with Crippen molar-refractivity contribution in [2.24, 2.45) is 0 Å². The van der Waals surface area contributed by atoms with Gasteiger partial charge in [-0.15, -0.1) is 0 Å². The second-order valence-corrected chi connectivity index (χ2v) is 8.69. The molecule has 0 aliphatic carbocycles. The van der Waals surface area contributed by atoms with Gasteiger partial charge >= 0.3 is 0 Å². The maximum absolute atomic E-state index is 12.9. The number of morpholine rings is 1. The number of fused-ring (bicyclic) bond motifs is 1. The summed E-state index contributed by atoms with van der Waals surface area (Å²) < 4.78 is 11.1. The number of aromatic nitrogens is 1. The fourth-order valence-electron chi connectivity index (χ4n) is 3.90. The van der Waals surface area contributed by atoms with Gasteiger partial charge in [0.25, 0.3) is 11.6 Å². The van der Waals surface area contributed by atoms with Gasteiger partial charge in [0.2, 0.25) is 5.89 Å². The average molecular weight is 513 g/mol. The third kappa shape index (κ3) is 4.79. The van der Waals surface area contributed by atoms with E-state index in [0.717, 1.165) is 0 Å². The zero-order valence-electron chi connectivity index (χ0n) is 18.2. The molecule has 1 saturated heterocycles. The van der Waals surface area contributed by atoms with Crippen LogP contribution in [0.25, 0.3) is 22.6 Å². The van der Waals surface area contributed by atoms with Crippen molar-refractivity contribution in [2.45, 2.75) is 0 Å². The van der Waals surface area contributed by atoms with Gasteiger partial charge in [0.05, 0.1) is 23.2 Å². The van der Waals surface area contributed by atoms with E-state index in [1.54, 1.807) is 48.5 Å². The van der Waals surface area contributed by atoms with Gasteiger partial charge in [-0.25, -0.2) is 4.98 Å². The third-order valence-corrected chi connectivity index (χ3v) is 6.06. The van der Waals surface area contributed by atoms with E-state index in [1.165, 1.54) is 6.07 Å². The summed E-state index contributed by atoms with van der Waals surface area (Å²) in [6, 6.07) is 14.6. The van der Waals surface area contributed by atoms with Crippen LogP contribution in [0.3, 0.4) is 0 Å². The first-order valence-electron chi connectivity index (χ1n) is 10.7. The van der Waals surface area contributed by atoms with Crippen molar-refractivity contribution in [1.29, 1.82) is 0 Å². The molecule has 1 fully saturated rings. The van der Waals surface area contributed by atoms with Crippen LogP contribution in [0.1, 0.15) is 10.4 Å². The normalized spacial score (nSPS) is 13.7. The SMILES string of the molecule is O=C(Nc1cccc(-c2nc3cc(Cl)cc(Cl)c3o2)c1)c1ccc(N2CCOCC2)c([N+](=O)[O-])c1. The number of hydrogen-bond donors (Lipinski definition) is 1. The predicted octanol–water partition coefficient (Wildman–Crippen LogP) is 5.80. The minimum absolute atomic E-state index is 0.129. The summed E-state index contributed by atoms with van der Waals surface area (Å²) >= 11 is 12.2. The molecule has 178 valence electrons. The Morgan fingerprint density at radius 3 is 2.66 bits per heavy atom. The molecule has 0 unspecified atom stereocenters. The van der Waals surface area contributed by atoms with E-state index in [-0.39, 0.29) is 11.3 Å². The third-order valence-electron chi connectivity index (χ3n) is 5.56. The first-order valence-corrected chi connectivity index (χ1v) is 11.4. The highest BCUT2D eigenvalue weighted by molar-refractivity contribution is 6.38. The number of amides is 1. The minimum atomic E-state index is -0.480. The van der Waals surface area contributed by atoms with Crippen LogP contribution in [-0.2, 0) is 4.74 Å². The molecule has 0 atom stereocenters. The summed E-state index contributed by atoms with van der Waals surface area (Å²) in [6.07, 6.45) is 0. The lowest BCUT2D eigenvalue weighted by Gasteiger charge is -2.28. The Balaban J connectivity index is 1.40. The monoisotopic (exact) mass is 512 g/mol. The molecule has 11 heteroatoms. The highest BCUT2D eigenvalue weighted by Crippen LogP contribution is 2.33. The maximum Gasteiger partial charge on any atom is 0.293 e. The molecule has 9 nitrogen and oxygen atoms in total. The van der Waals surface area contributed by atoms with Gasteiger partial charge in [-0.3, -0.25) is 14.9 Å². The Hall–Kier alpha value is -3.66. The molecular weight excluding hydrogens is 495 g/mol. The largest absolute Gasteiger partial charge is 0.435 e. The van der Waals surface area contributed by atoms with Crippen molar-refractivity contribution in [2.75, 3.05) is 36.5 Å². The highest BCUT2D eigenvalue weighted by Gasteiger charge is 2.23. The molecule has 0 spiro atoms. The van der Waals surface area contributed by atoms with Gasteiger partial charge in [0.15, 0.2) is 5.58 Å². The number of anilines is 2. The van der Waals surface area contributed by atoms with E-state index in [0.29, 0.717) is 70.3 Å². The van der Waals surface area contributed by atoms with Crippen LogP contribution in [0.4, 0.5) is 17.1 Å². The molecule has 1 aromatic heterocycles. The number of rotatable bonds is 5. The number of benzene rings is 3. The number of nitrogens with zero attached hydrogens (tertiary/aromatic N) is 3. The molecule has 5 rings (SSSR count). The fraction of sp³-hybridized carbons (Fsp3) is 0.167. The van der Waals surface area contributed by atoms with E-state index in [9.17, 15) is 14.9 Å². The van der Waals surface area contributed by atoms with Gasteiger partial charge < -0.3 is 19.4 Å². The van der Waals surface area contributed by atoms with Crippen molar-refractivity contribution >= 4 is 57.3 Å². The standard InChI is InChI=1S/C24H18Cl2N4O5/c25-16-12-18(26)22-19(13-16)28-24(35-22)15-2-1-3-17(10-15)27-23(31)14-4-5-20(21(11-14)30(32)33)29-6-8-34-9-7-29/h1-5,10-13H,6-9H2,(H,27,31). The number of carbonyl (C=O) groups excluding carboxylic acids is 1. The Kier molecular flexibility index (Phi) is 6.29. The van der Waals surface area contributed by atoms with Crippen LogP contribution in [0.5, 0.6) is 0 Å². The second-order valence-electron chi connectivity index (χ2n) is 7.85. The summed E-state index contributed by atoms with van der Waals surface area (Å²) in [7, 11) is 0. The Labute approximate surface area is 209 Å². The number of halogens is 2. The smallest absolute Gasteiger partial charge is 0.293 e. The lowest BCUT2D eigenvalue weighted by molar-refractivity contribution is -0.384. The molecule has 1 amide bonds. The molecule has 0 bridgehead atoms. The van der Waals surface area contributed by atoms with Crippen LogP contribution in [0.2, 0.25) is 10.0 Å². The molecule has 35 heavy (non-hydrogen) atoms. The Bertz CT molecular complexity index is 1450. The van der Waals surface area contributed by atoms with Crippen LogP contribution in [0, 0.1) is 10.1 Å². The van der Waals surface area contributed by atoms with Gasteiger partial charge in [-0.2, -0.15) is 0 Å². The molecule has 1 aliphatic heterocycles. The quantitative estimate of drug-likeness (QED) is 0.265. The summed E-state index contributed by atoms with van der Waals surface area (Å²) in [5.74, 6) is -0.170. The van der Waals surface area contributed by atoms with E-state index in [2.05, 4.69) is 10.3 Å². The number of oxazole rings is 1. The fourth-order valence-corrected chi connectivity index (χ4v) is 4.42. The summed E-state index contributed by atoms with van der Waals surface area (Å²) in [5, 5.41) is 15.3. The van der Waals surface area contributed by atoms with Crippen molar-refractivity contribution < 1.29 is 18.9 Å². The van der Waals surface area contributed by atoms with Crippen molar-refractivity contribution in [3.63, 3.8) is 0 Å². The zero-order chi connectivity index (χ0) is 24.5. The molecule has 0 radical (unpaired) electrons. The van der Waals surface area contributed by atoms with Crippen molar-refractivity contribution in [3.05, 3.63) is 80.3 Å². The highest BCUT2D eigenvalue weighted by atomic mass is 35.5. The number of hydrogen-bond acceptors (Lipinski definition) is 7. The van der Waals surface area contributed by atoms with Gasteiger partial charge in [0.1, 0.15) is 11.2 Å². The summed E-state index contributed by atoms with van der Waals surface area (Å²) in [4.78, 5) is 30.4. The van der Waals surface area contributed by atoms with E-state index >= 15 is 0 Å². The van der Waals surface area contributed by atoms with Gasteiger partial charge in [-0.05, 0) is 42.5 Å². The number of nitro benzene ring substituents is 1. The number of carbonyl (C=O) groups is 1. The van der Waals surface area contributed by atoms with Crippen LogP contribution < -0.4 is 10.2 Å². The van der Waals surface area contributed by atoms with Gasteiger partial charge in [-0.1, -0.05) is 29.3 Å². The number of nitrogens with one attached hydrogen (secondary N) is 1. The van der Waals surface area contributed by atoms with Crippen molar-refractivity contribution in [1.82, 2.24) is 4.98 Å². The Morgan fingerprint density at radius 1 is 1.09 bits per heavy atom. The zero-order valence-corrected chi connectivity index (χ0v) is 19.7. The van der Waals surface area contributed by atoms with E-state index in [1.807, 2.05) is 4.90 Å². The predicted molar refractivity (Wildman–Crippen MR) is 134 cm³/mol. The maximum atomic E-state index is 12.9. The molecule has 4 aromatic rings. The topological polar surface area (TPSA) is 111 Å². The summed E-state index contributed by atoms with van der Waals surface area (Å²) in [5.41, 5.74) is 2.51. The molecule has 0 saturated carbocycles. The van der Waals surface area contributed by atoms with Crippen LogP contribution in [-0.4, -0.2) is 42.1 Å². The van der Waals surface area contributed by atoms with E-state index in [4.69, 9.17) is 32.4 Å². The average Bonchev–Trinajstić information content (AvgIpc) is 3.29. The Morgan fingerprint density at radius 2 is 1.89 bits per heavy atom. The molecule has 2 heterocycles. The lowest BCUT2D eigenvalue weighted by atomic mass is 10.1. The second kappa shape index (κ2) is 9.53. The lowest BCUT2D eigenvalue weighted by Crippen LogP contribution is -2.36. The van der Waals surface area contributed by atoms with Gasteiger partial charge in [0, 0.05) is 41.0 Å². The molecular formula is C24H18Cl2N4O5. The van der Waals surface area contributed by atoms with Crippen LogP contribution >= 0.6 is 23.2 Å². The summed E-state index contributed by atoms with van der Waals surface area (Å²) in [6.45, 7) is 2.09.